The van der Waals surface area contributed by atoms with Gasteiger partial charge in [0, 0.05) is 29.5 Å². The van der Waals surface area contributed by atoms with Crippen LogP contribution in [0.3, 0.4) is 0 Å². The van der Waals surface area contributed by atoms with Crippen molar-refractivity contribution in [3.63, 3.8) is 0 Å². The van der Waals surface area contributed by atoms with Gasteiger partial charge in [0.2, 0.25) is 5.88 Å². The van der Waals surface area contributed by atoms with Gasteiger partial charge in [-0.1, -0.05) is 0 Å². The van der Waals surface area contributed by atoms with Crippen LogP contribution < -0.4 is 10.1 Å². The Kier molecular flexibility index (Phi) is 3.14. The molecule has 0 radical (unpaired) electrons. The fraction of sp³-hybridized carbons (Fsp3) is 0.200. The van der Waals surface area contributed by atoms with Gasteiger partial charge in [0.05, 0.1) is 13.7 Å². The topological polar surface area (TPSA) is 47.0 Å². The highest BCUT2D eigenvalue weighted by atomic mass is 32.1. The van der Waals surface area contributed by atoms with Gasteiger partial charge in [-0.25, -0.2) is 9.97 Å². The van der Waals surface area contributed by atoms with Crippen LogP contribution in [0.2, 0.25) is 0 Å². The van der Waals surface area contributed by atoms with Crippen molar-refractivity contribution in [3.05, 3.63) is 34.9 Å². The Hall–Kier alpha value is -1.62. The molecule has 0 fully saturated rings. The molecule has 0 bridgehead atoms. The molecule has 1 N–H and O–H groups in total. The fourth-order valence-corrected chi connectivity index (χ4v) is 1.70. The molecule has 2 aromatic rings. The summed E-state index contributed by atoms with van der Waals surface area (Å²) in [4.78, 5) is 8.21. The first-order valence-corrected chi connectivity index (χ1v) is 5.39. The predicted octanol–water partition coefficient (Wildman–Crippen LogP) is 2.16. The molecule has 2 aromatic heterocycles. The molecule has 0 aliphatic carbocycles. The molecule has 0 unspecified atom stereocenters. The minimum absolute atomic E-state index is 0.610. The number of hydrogen-bond donors (Lipinski definition) is 1. The first kappa shape index (κ1) is 9.92. The number of hydrogen-bond acceptors (Lipinski definition) is 5. The van der Waals surface area contributed by atoms with Gasteiger partial charge < -0.3 is 10.1 Å². The summed E-state index contributed by atoms with van der Waals surface area (Å²) in [6, 6.07) is 3.75. The van der Waals surface area contributed by atoms with E-state index in [1.54, 1.807) is 30.8 Å². The molecule has 5 heteroatoms. The molecule has 2 heterocycles. The standard InChI is InChI=1S/C10H11N3OS/c1-14-9-6-8(2-3-11-9)13-7-10-12-4-5-15-10/h2-6H,7H2,1H3,(H,11,13). The molecule has 78 valence electrons. The lowest BCUT2D eigenvalue weighted by Crippen LogP contribution is -1.99. The monoisotopic (exact) mass is 221 g/mol. The Morgan fingerprint density at radius 1 is 1.40 bits per heavy atom. The van der Waals surface area contributed by atoms with Crippen LogP contribution >= 0.6 is 11.3 Å². The van der Waals surface area contributed by atoms with Gasteiger partial charge in [-0.2, -0.15) is 0 Å². The van der Waals surface area contributed by atoms with E-state index in [-0.39, 0.29) is 0 Å². The van der Waals surface area contributed by atoms with E-state index in [1.807, 2.05) is 17.5 Å². The number of thiazole rings is 1. The van der Waals surface area contributed by atoms with E-state index in [4.69, 9.17) is 4.74 Å². The molecule has 0 saturated heterocycles. The van der Waals surface area contributed by atoms with E-state index in [0.717, 1.165) is 17.2 Å². The maximum absolute atomic E-state index is 5.03. The SMILES string of the molecule is COc1cc(NCc2nccs2)ccn1. The Bertz CT molecular complexity index is 416. The van der Waals surface area contributed by atoms with E-state index in [0.29, 0.717) is 5.88 Å². The van der Waals surface area contributed by atoms with Crippen LogP contribution in [0, 0.1) is 0 Å². The normalized spacial score (nSPS) is 9.93. The van der Waals surface area contributed by atoms with Gasteiger partial charge in [-0.05, 0) is 6.07 Å². The van der Waals surface area contributed by atoms with Crippen molar-refractivity contribution in [2.75, 3.05) is 12.4 Å². The number of pyridine rings is 1. The van der Waals surface area contributed by atoms with Gasteiger partial charge in [0.1, 0.15) is 5.01 Å². The third-order valence-corrected chi connectivity index (χ3v) is 2.65. The first-order chi connectivity index (χ1) is 7.38. The van der Waals surface area contributed by atoms with Crippen LogP contribution in [-0.2, 0) is 6.54 Å². The first-order valence-electron chi connectivity index (χ1n) is 4.51. The molecule has 0 spiro atoms. The molecule has 0 aliphatic heterocycles. The highest BCUT2D eigenvalue weighted by molar-refractivity contribution is 7.09. The lowest BCUT2D eigenvalue weighted by molar-refractivity contribution is 0.398. The maximum Gasteiger partial charge on any atom is 0.214 e. The second kappa shape index (κ2) is 4.75. The zero-order valence-electron chi connectivity index (χ0n) is 8.30. The Balaban J connectivity index is 1.98. The summed E-state index contributed by atoms with van der Waals surface area (Å²) in [7, 11) is 1.60. The van der Waals surface area contributed by atoms with Crippen molar-refractivity contribution in [1.29, 1.82) is 0 Å². The van der Waals surface area contributed by atoms with Gasteiger partial charge in [-0.3, -0.25) is 0 Å². The van der Waals surface area contributed by atoms with Crippen molar-refractivity contribution in [2.45, 2.75) is 6.54 Å². The number of nitrogens with zero attached hydrogens (tertiary/aromatic N) is 2. The average Bonchev–Trinajstić information content (AvgIpc) is 2.79. The Labute approximate surface area is 92.0 Å². The van der Waals surface area contributed by atoms with Gasteiger partial charge in [0.25, 0.3) is 0 Å². The van der Waals surface area contributed by atoms with E-state index >= 15 is 0 Å². The summed E-state index contributed by atoms with van der Waals surface area (Å²) < 4.78 is 5.03. The number of anilines is 1. The summed E-state index contributed by atoms with van der Waals surface area (Å²) in [6.07, 6.45) is 3.51. The van der Waals surface area contributed by atoms with Crippen LogP contribution in [0.4, 0.5) is 5.69 Å². The number of rotatable bonds is 4. The predicted molar refractivity (Wildman–Crippen MR) is 60.2 cm³/mol. The number of aromatic nitrogens is 2. The number of methoxy groups -OCH3 is 1. The van der Waals surface area contributed by atoms with E-state index in [1.165, 1.54) is 0 Å². The van der Waals surface area contributed by atoms with Gasteiger partial charge >= 0.3 is 0 Å². The van der Waals surface area contributed by atoms with Crippen molar-refractivity contribution in [2.24, 2.45) is 0 Å². The fourth-order valence-electron chi connectivity index (χ4n) is 1.15. The molecule has 0 aromatic carbocycles. The van der Waals surface area contributed by atoms with Crippen LogP contribution in [0.5, 0.6) is 5.88 Å². The van der Waals surface area contributed by atoms with E-state index in [2.05, 4.69) is 15.3 Å². The molecule has 4 nitrogen and oxygen atoms in total. The highest BCUT2D eigenvalue weighted by Gasteiger charge is 1.98. The van der Waals surface area contributed by atoms with Gasteiger partial charge in [0.15, 0.2) is 0 Å². The quantitative estimate of drug-likeness (QED) is 0.859. The van der Waals surface area contributed by atoms with Crippen molar-refractivity contribution in [3.8, 4) is 5.88 Å². The number of ether oxygens (including phenoxy) is 1. The summed E-state index contributed by atoms with van der Waals surface area (Å²) in [5, 5.41) is 6.27. The average molecular weight is 221 g/mol. The van der Waals surface area contributed by atoms with Gasteiger partial charge in [-0.15, -0.1) is 11.3 Å². The smallest absolute Gasteiger partial charge is 0.214 e. The maximum atomic E-state index is 5.03. The van der Waals surface area contributed by atoms with Crippen LogP contribution in [0.15, 0.2) is 29.9 Å². The molecular weight excluding hydrogens is 210 g/mol. The third kappa shape index (κ3) is 2.66. The Morgan fingerprint density at radius 2 is 2.33 bits per heavy atom. The minimum Gasteiger partial charge on any atom is -0.481 e. The third-order valence-electron chi connectivity index (χ3n) is 1.87. The second-order valence-corrected chi connectivity index (χ2v) is 3.85. The van der Waals surface area contributed by atoms with Crippen LogP contribution in [0.25, 0.3) is 0 Å². The van der Waals surface area contributed by atoms with Crippen molar-refractivity contribution in [1.82, 2.24) is 9.97 Å². The summed E-state index contributed by atoms with van der Waals surface area (Å²) >= 11 is 1.63. The zero-order valence-corrected chi connectivity index (χ0v) is 9.12. The summed E-state index contributed by atoms with van der Waals surface area (Å²) in [5.41, 5.74) is 0.983. The highest BCUT2D eigenvalue weighted by Crippen LogP contribution is 2.14. The van der Waals surface area contributed by atoms with Crippen molar-refractivity contribution >= 4 is 17.0 Å². The van der Waals surface area contributed by atoms with Crippen LogP contribution in [0.1, 0.15) is 5.01 Å². The van der Waals surface area contributed by atoms with Crippen molar-refractivity contribution < 1.29 is 4.74 Å². The summed E-state index contributed by atoms with van der Waals surface area (Å²) in [6.45, 7) is 0.727. The minimum atomic E-state index is 0.610. The van der Waals surface area contributed by atoms with Crippen LogP contribution in [-0.4, -0.2) is 17.1 Å². The molecule has 0 atom stereocenters. The largest absolute Gasteiger partial charge is 0.481 e. The summed E-state index contributed by atoms with van der Waals surface area (Å²) in [5.74, 6) is 0.610. The molecule has 0 aliphatic rings. The lowest BCUT2D eigenvalue weighted by atomic mass is 10.4. The molecule has 0 saturated carbocycles. The molecule has 2 rings (SSSR count). The number of nitrogens with one attached hydrogen (secondary N) is 1. The molecule has 15 heavy (non-hydrogen) atoms. The molecule has 0 amide bonds. The van der Waals surface area contributed by atoms with E-state index < -0.39 is 0 Å². The molecular formula is C10H11N3OS. The second-order valence-electron chi connectivity index (χ2n) is 2.87. The van der Waals surface area contributed by atoms with E-state index in [9.17, 15) is 0 Å². The Morgan fingerprint density at radius 3 is 3.07 bits per heavy atom. The zero-order chi connectivity index (χ0) is 10.5. The lowest BCUT2D eigenvalue weighted by Gasteiger charge is -2.05.